The number of benzene rings is 2. The van der Waals surface area contributed by atoms with Crippen LogP contribution >= 0.6 is 11.8 Å². The molecule has 172 valence electrons. The molecule has 0 bridgehead atoms. The van der Waals surface area contributed by atoms with Gasteiger partial charge in [-0.2, -0.15) is 0 Å². The summed E-state index contributed by atoms with van der Waals surface area (Å²) < 4.78 is 18.6. The third-order valence-corrected chi connectivity index (χ3v) is 7.51. The van der Waals surface area contributed by atoms with Gasteiger partial charge in [-0.3, -0.25) is 0 Å². The Morgan fingerprint density at radius 3 is 2.59 bits per heavy atom. The fourth-order valence-corrected chi connectivity index (χ4v) is 5.44. The van der Waals surface area contributed by atoms with Crippen LogP contribution in [-0.2, 0) is 5.75 Å². The Morgan fingerprint density at radius 2 is 1.78 bits per heavy atom. The van der Waals surface area contributed by atoms with Gasteiger partial charge >= 0.3 is 0 Å². The van der Waals surface area contributed by atoms with Gasteiger partial charge in [-0.05, 0) is 68.1 Å². The maximum absolute atomic E-state index is 12.9. The number of amidine groups is 1. The smallest absolute Gasteiger partial charge is 0.164 e. The van der Waals surface area contributed by atoms with Crippen molar-refractivity contribution in [1.29, 1.82) is 0 Å². The molecule has 2 aliphatic heterocycles. The SMILES string of the molecule is CN(C1=Nc2ccccc2CS1)C1CCN(CCCCCCOc2ccc(F)cc2)CC1. The summed E-state index contributed by atoms with van der Waals surface area (Å²) in [6.07, 6.45) is 7.13. The van der Waals surface area contributed by atoms with E-state index in [9.17, 15) is 4.39 Å². The largest absolute Gasteiger partial charge is 0.494 e. The number of para-hydroxylation sites is 1. The van der Waals surface area contributed by atoms with Crippen LogP contribution in [0.2, 0.25) is 0 Å². The molecule has 0 unspecified atom stereocenters. The topological polar surface area (TPSA) is 28.1 Å². The number of thioether (sulfide) groups is 1. The molecule has 0 atom stereocenters. The van der Waals surface area contributed by atoms with Crippen molar-refractivity contribution in [3.05, 3.63) is 59.9 Å². The van der Waals surface area contributed by atoms with Gasteiger partial charge in [0.25, 0.3) is 0 Å². The van der Waals surface area contributed by atoms with Gasteiger partial charge in [0.15, 0.2) is 5.17 Å². The van der Waals surface area contributed by atoms with E-state index in [0.717, 1.165) is 23.6 Å². The highest BCUT2D eigenvalue weighted by Gasteiger charge is 2.26. The van der Waals surface area contributed by atoms with Crippen LogP contribution in [-0.4, -0.2) is 54.3 Å². The molecule has 0 amide bonds. The van der Waals surface area contributed by atoms with E-state index in [0.29, 0.717) is 12.6 Å². The van der Waals surface area contributed by atoms with Gasteiger partial charge in [0.05, 0.1) is 12.3 Å². The summed E-state index contributed by atoms with van der Waals surface area (Å²) in [4.78, 5) is 9.94. The number of halogens is 1. The van der Waals surface area contributed by atoms with Crippen molar-refractivity contribution in [3.8, 4) is 5.75 Å². The molecular weight excluding hydrogens is 421 g/mol. The monoisotopic (exact) mass is 455 g/mol. The number of hydrogen-bond acceptors (Lipinski definition) is 5. The molecule has 0 aromatic heterocycles. The van der Waals surface area contributed by atoms with E-state index in [1.807, 2.05) is 11.8 Å². The van der Waals surface area contributed by atoms with Crippen LogP contribution in [0.1, 0.15) is 44.1 Å². The van der Waals surface area contributed by atoms with Crippen molar-refractivity contribution < 1.29 is 9.13 Å². The summed E-state index contributed by atoms with van der Waals surface area (Å²) in [5, 5.41) is 1.17. The lowest BCUT2D eigenvalue weighted by Gasteiger charge is -2.38. The number of aliphatic imine (C=N–C) groups is 1. The molecule has 4 nitrogen and oxygen atoms in total. The average molecular weight is 456 g/mol. The summed E-state index contributed by atoms with van der Waals surface area (Å²) in [5.41, 5.74) is 2.47. The molecule has 6 heteroatoms. The quantitative estimate of drug-likeness (QED) is 0.427. The number of ether oxygens (including phenoxy) is 1. The van der Waals surface area contributed by atoms with Gasteiger partial charge in [-0.15, -0.1) is 0 Å². The molecule has 0 aliphatic carbocycles. The maximum atomic E-state index is 12.9. The molecule has 4 rings (SSSR count). The van der Waals surface area contributed by atoms with E-state index >= 15 is 0 Å². The molecular formula is C26H34FN3OS. The van der Waals surface area contributed by atoms with E-state index in [4.69, 9.17) is 9.73 Å². The number of piperidine rings is 1. The molecule has 1 saturated heterocycles. The van der Waals surface area contributed by atoms with Crippen LogP contribution in [0.5, 0.6) is 5.75 Å². The van der Waals surface area contributed by atoms with Crippen molar-refractivity contribution in [1.82, 2.24) is 9.80 Å². The molecule has 2 aromatic rings. The van der Waals surface area contributed by atoms with Gasteiger partial charge in [0.2, 0.25) is 0 Å². The Bertz CT molecular complexity index is 881. The van der Waals surface area contributed by atoms with Crippen LogP contribution in [0.15, 0.2) is 53.5 Å². The van der Waals surface area contributed by atoms with E-state index in [1.165, 1.54) is 74.6 Å². The van der Waals surface area contributed by atoms with Gasteiger partial charge < -0.3 is 14.5 Å². The third kappa shape index (κ3) is 6.48. The normalized spacial score (nSPS) is 17.0. The highest BCUT2D eigenvalue weighted by molar-refractivity contribution is 8.13. The number of rotatable bonds is 9. The van der Waals surface area contributed by atoms with Crippen LogP contribution in [0.4, 0.5) is 10.1 Å². The Kier molecular flexibility index (Phi) is 8.46. The van der Waals surface area contributed by atoms with E-state index in [1.54, 1.807) is 12.1 Å². The first kappa shape index (κ1) is 23.1. The lowest BCUT2D eigenvalue weighted by Crippen LogP contribution is -2.45. The fraction of sp³-hybridized carbons (Fsp3) is 0.500. The molecule has 0 N–H and O–H groups in total. The first-order valence-corrected chi connectivity index (χ1v) is 12.8. The minimum atomic E-state index is -0.222. The molecule has 2 aliphatic rings. The zero-order valence-corrected chi connectivity index (χ0v) is 19.8. The Labute approximate surface area is 195 Å². The summed E-state index contributed by atoms with van der Waals surface area (Å²) in [5.74, 6) is 1.55. The first-order chi connectivity index (χ1) is 15.7. The third-order valence-electron chi connectivity index (χ3n) is 6.42. The van der Waals surface area contributed by atoms with Gasteiger partial charge in [-0.25, -0.2) is 9.38 Å². The van der Waals surface area contributed by atoms with E-state index in [2.05, 4.69) is 41.1 Å². The fourth-order valence-electron chi connectivity index (χ4n) is 4.40. The minimum Gasteiger partial charge on any atom is -0.494 e. The Balaban J connectivity index is 1.09. The molecule has 0 spiro atoms. The molecule has 2 heterocycles. The van der Waals surface area contributed by atoms with Crippen LogP contribution in [0.25, 0.3) is 0 Å². The van der Waals surface area contributed by atoms with E-state index in [-0.39, 0.29) is 5.82 Å². The van der Waals surface area contributed by atoms with Crippen molar-refractivity contribution in [2.24, 2.45) is 4.99 Å². The highest BCUT2D eigenvalue weighted by Crippen LogP contribution is 2.32. The summed E-state index contributed by atoms with van der Waals surface area (Å²) in [6.45, 7) is 4.25. The summed E-state index contributed by atoms with van der Waals surface area (Å²) >= 11 is 1.87. The van der Waals surface area contributed by atoms with Crippen LogP contribution in [0, 0.1) is 5.82 Å². The number of nitrogens with zero attached hydrogens (tertiary/aromatic N) is 3. The highest BCUT2D eigenvalue weighted by atomic mass is 32.2. The lowest BCUT2D eigenvalue weighted by molar-refractivity contribution is 0.164. The van der Waals surface area contributed by atoms with Crippen LogP contribution in [0.3, 0.4) is 0 Å². The van der Waals surface area contributed by atoms with Crippen molar-refractivity contribution in [2.75, 3.05) is 33.3 Å². The van der Waals surface area contributed by atoms with Gasteiger partial charge in [0, 0.05) is 31.9 Å². The van der Waals surface area contributed by atoms with E-state index < -0.39 is 0 Å². The standard InChI is InChI=1S/C26H34FN3OS/c1-29(26-28-25-9-5-4-8-21(25)20-32-26)23-14-17-30(18-15-23)16-6-2-3-7-19-31-24-12-10-22(27)11-13-24/h4-5,8-13,23H,2-3,6-7,14-20H2,1H3. The predicted octanol–water partition coefficient (Wildman–Crippen LogP) is 6.10. The second-order valence-electron chi connectivity index (χ2n) is 8.71. The number of hydrogen-bond donors (Lipinski definition) is 0. The van der Waals surface area contributed by atoms with Gasteiger partial charge in [0.1, 0.15) is 11.6 Å². The van der Waals surface area contributed by atoms with Crippen molar-refractivity contribution in [3.63, 3.8) is 0 Å². The second kappa shape index (κ2) is 11.7. The molecule has 0 radical (unpaired) electrons. The maximum Gasteiger partial charge on any atom is 0.164 e. The molecule has 1 fully saturated rings. The summed E-state index contributed by atoms with van der Waals surface area (Å²) in [6, 6.07) is 15.3. The number of fused-ring (bicyclic) bond motifs is 1. The predicted molar refractivity (Wildman–Crippen MR) is 132 cm³/mol. The first-order valence-electron chi connectivity index (χ1n) is 11.8. The minimum absolute atomic E-state index is 0.222. The summed E-state index contributed by atoms with van der Waals surface area (Å²) in [7, 11) is 2.22. The molecule has 2 aromatic carbocycles. The number of unbranched alkanes of at least 4 members (excludes halogenated alkanes) is 3. The zero-order chi connectivity index (χ0) is 22.2. The number of likely N-dealkylation sites (tertiary alicyclic amines) is 1. The second-order valence-corrected chi connectivity index (χ2v) is 9.65. The average Bonchev–Trinajstić information content (AvgIpc) is 2.84. The Morgan fingerprint density at radius 1 is 1.03 bits per heavy atom. The van der Waals surface area contributed by atoms with Crippen LogP contribution < -0.4 is 4.74 Å². The lowest BCUT2D eigenvalue weighted by atomic mass is 10.0. The van der Waals surface area contributed by atoms with Gasteiger partial charge in [-0.1, -0.05) is 42.8 Å². The zero-order valence-electron chi connectivity index (χ0n) is 19.0. The van der Waals surface area contributed by atoms with Crippen molar-refractivity contribution >= 4 is 22.6 Å². The molecule has 0 saturated carbocycles. The molecule has 32 heavy (non-hydrogen) atoms. The van der Waals surface area contributed by atoms with Crippen molar-refractivity contribution in [2.45, 2.75) is 50.3 Å². The Hall–Kier alpha value is -2.05.